The molecule has 18 heavy (non-hydrogen) atoms. The summed E-state index contributed by atoms with van der Waals surface area (Å²) in [5.41, 5.74) is 2.47. The maximum Gasteiger partial charge on any atom is 0.330 e. The number of ether oxygens (including phenoxy) is 1. The second kappa shape index (κ2) is 6.03. The monoisotopic (exact) mass is 248 g/mol. The number of hydrogen-bond acceptors (Lipinski definition) is 2. The van der Waals surface area contributed by atoms with Crippen LogP contribution in [-0.4, -0.2) is 13.1 Å². The highest BCUT2D eigenvalue weighted by atomic mass is 16.5. The van der Waals surface area contributed by atoms with Gasteiger partial charge in [0.25, 0.3) is 0 Å². The summed E-state index contributed by atoms with van der Waals surface area (Å²) in [6.07, 6.45) is 9.25. The van der Waals surface area contributed by atoms with E-state index in [1.807, 2.05) is 13.0 Å². The number of allylic oxidation sites excluding steroid dienone is 4. The average Bonchev–Trinajstić information content (AvgIpc) is 2.27. The Kier molecular flexibility index (Phi) is 4.94. The lowest BCUT2D eigenvalue weighted by atomic mass is 9.66. The largest absolute Gasteiger partial charge is 0.466 e. The maximum absolute atomic E-state index is 11.1. The third-order valence-electron chi connectivity index (χ3n) is 3.70. The van der Waals surface area contributed by atoms with Gasteiger partial charge in [-0.05, 0) is 37.2 Å². The van der Waals surface area contributed by atoms with Gasteiger partial charge in [0, 0.05) is 12.0 Å². The lowest BCUT2D eigenvalue weighted by molar-refractivity contribution is -0.134. The number of esters is 1. The molecule has 1 aliphatic rings. The number of carbonyl (C=O) groups is 1. The van der Waals surface area contributed by atoms with Gasteiger partial charge in [0.05, 0.1) is 7.11 Å². The predicted octanol–water partition coefficient (Wildman–Crippen LogP) is 4.04. The number of hydrogen-bond donors (Lipinski definition) is 0. The van der Waals surface area contributed by atoms with E-state index in [1.54, 1.807) is 0 Å². The van der Waals surface area contributed by atoms with Crippen molar-refractivity contribution in [2.75, 3.05) is 7.11 Å². The molecule has 0 amide bonds. The molecule has 0 unspecified atom stereocenters. The lowest BCUT2D eigenvalue weighted by Crippen LogP contribution is -2.27. The normalized spacial score (nSPS) is 24.3. The highest BCUT2D eigenvalue weighted by Crippen LogP contribution is 2.43. The van der Waals surface area contributed by atoms with E-state index < -0.39 is 0 Å². The van der Waals surface area contributed by atoms with Gasteiger partial charge in [-0.2, -0.15) is 0 Å². The third kappa shape index (κ3) is 3.86. The van der Waals surface area contributed by atoms with Gasteiger partial charge in [-0.15, -0.1) is 0 Å². The minimum Gasteiger partial charge on any atom is -0.466 e. The Morgan fingerprint density at radius 3 is 2.72 bits per heavy atom. The van der Waals surface area contributed by atoms with Crippen molar-refractivity contribution in [3.05, 3.63) is 36.0 Å². The van der Waals surface area contributed by atoms with Crippen LogP contribution in [0.2, 0.25) is 0 Å². The quantitative estimate of drug-likeness (QED) is 0.326. The van der Waals surface area contributed by atoms with Crippen LogP contribution in [0.1, 0.15) is 40.0 Å². The molecule has 0 aliphatic heterocycles. The van der Waals surface area contributed by atoms with E-state index in [2.05, 4.69) is 31.2 Å². The van der Waals surface area contributed by atoms with Crippen LogP contribution in [0.4, 0.5) is 0 Å². The highest BCUT2D eigenvalue weighted by molar-refractivity contribution is 5.83. The van der Waals surface area contributed by atoms with Gasteiger partial charge in [-0.25, -0.2) is 4.79 Å². The Morgan fingerprint density at radius 1 is 1.50 bits per heavy atom. The van der Waals surface area contributed by atoms with E-state index in [9.17, 15) is 4.79 Å². The molecule has 0 spiro atoms. The summed E-state index contributed by atoms with van der Waals surface area (Å²) in [6.45, 7) is 10.7. The molecule has 0 saturated heterocycles. The van der Waals surface area contributed by atoms with E-state index in [1.165, 1.54) is 31.6 Å². The molecule has 1 aliphatic carbocycles. The topological polar surface area (TPSA) is 26.3 Å². The molecular formula is C16H24O2. The third-order valence-corrected chi connectivity index (χ3v) is 3.70. The zero-order valence-electron chi connectivity index (χ0n) is 12.0. The van der Waals surface area contributed by atoms with Crippen molar-refractivity contribution >= 4 is 5.97 Å². The number of rotatable bonds is 3. The van der Waals surface area contributed by atoms with Gasteiger partial charge in [0.15, 0.2) is 0 Å². The summed E-state index contributed by atoms with van der Waals surface area (Å²) in [6, 6.07) is 0. The fraction of sp³-hybridized carbons (Fsp3) is 0.562. The summed E-state index contributed by atoms with van der Waals surface area (Å²) < 4.78 is 4.61. The lowest BCUT2D eigenvalue weighted by Gasteiger charge is -2.38. The summed E-state index contributed by atoms with van der Waals surface area (Å²) in [5, 5.41) is 0. The van der Waals surface area contributed by atoms with Gasteiger partial charge in [-0.1, -0.05) is 38.2 Å². The van der Waals surface area contributed by atoms with Gasteiger partial charge < -0.3 is 4.74 Å². The van der Waals surface area contributed by atoms with Crippen LogP contribution in [0.3, 0.4) is 0 Å². The Morgan fingerprint density at radius 2 is 2.17 bits per heavy atom. The number of methoxy groups -OCH3 is 1. The van der Waals surface area contributed by atoms with Gasteiger partial charge in [0.1, 0.15) is 0 Å². The van der Waals surface area contributed by atoms with Crippen LogP contribution < -0.4 is 0 Å². The zero-order valence-corrected chi connectivity index (χ0v) is 12.0. The van der Waals surface area contributed by atoms with E-state index in [0.717, 1.165) is 12.0 Å². The molecule has 1 atom stereocenters. The Bertz CT molecular complexity index is 386. The fourth-order valence-electron chi connectivity index (χ4n) is 2.57. The molecule has 0 aromatic carbocycles. The Balaban J connectivity index is 2.78. The Hall–Kier alpha value is -1.31. The predicted molar refractivity (Wildman–Crippen MR) is 75.2 cm³/mol. The highest BCUT2D eigenvalue weighted by Gasteiger charge is 2.32. The van der Waals surface area contributed by atoms with E-state index in [4.69, 9.17) is 0 Å². The van der Waals surface area contributed by atoms with Crippen LogP contribution in [0, 0.1) is 11.3 Å². The first-order valence-corrected chi connectivity index (χ1v) is 6.49. The molecule has 100 valence electrons. The van der Waals surface area contributed by atoms with Gasteiger partial charge in [0.2, 0.25) is 0 Å². The maximum atomic E-state index is 11.1. The van der Waals surface area contributed by atoms with Crippen LogP contribution in [0.15, 0.2) is 36.0 Å². The molecule has 0 aromatic rings. The SMILES string of the molecule is C=C1CCCC(C)(C)[C@H]1/C=C/C(C)=C/C(=O)OC. The summed E-state index contributed by atoms with van der Waals surface area (Å²) in [7, 11) is 1.39. The Labute approximate surface area is 110 Å². The minimum absolute atomic E-state index is 0.261. The molecule has 1 saturated carbocycles. The zero-order chi connectivity index (χ0) is 13.8. The van der Waals surface area contributed by atoms with Crippen molar-refractivity contribution in [3.8, 4) is 0 Å². The fourth-order valence-corrected chi connectivity index (χ4v) is 2.57. The van der Waals surface area contributed by atoms with E-state index in [0.29, 0.717) is 5.92 Å². The molecule has 0 heterocycles. The van der Waals surface area contributed by atoms with Crippen LogP contribution in [0.5, 0.6) is 0 Å². The van der Waals surface area contributed by atoms with Crippen molar-refractivity contribution in [2.24, 2.45) is 11.3 Å². The molecule has 2 nitrogen and oxygen atoms in total. The van der Waals surface area contributed by atoms with Crippen molar-refractivity contribution < 1.29 is 9.53 Å². The first kappa shape index (κ1) is 14.7. The molecule has 1 rings (SSSR count). The first-order valence-electron chi connectivity index (χ1n) is 6.49. The van der Waals surface area contributed by atoms with Gasteiger partial charge in [-0.3, -0.25) is 0 Å². The molecule has 0 aromatic heterocycles. The van der Waals surface area contributed by atoms with Crippen LogP contribution in [0.25, 0.3) is 0 Å². The van der Waals surface area contributed by atoms with Crippen molar-refractivity contribution in [1.82, 2.24) is 0 Å². The van der Waals surface area contributed by atoms with Gasteiger partial charge >= 0.3 is 5.97 Å². The number of carbonyl (C=O) groups excluding carboxylic acids is 1. The van der Waals surface area contributed by atoms with E-state index in [-0.39, 0.29) is 11.4 Å². The molecule has 0 N–H and O–H groups in total. The molecular weight excluding hydrogens is 224 g/mol. The van der Waals surface area contributed by atoms with Crippen molar-refractivity contribution in [1.29, 1.82) is 0 Å². The standard InChI is InChI=1S/C16H24O2/c1-12(11-15(17)18-5)8-9-14-13(2)7-6-10-16(14,3)4/h8-9,11,14H,2,6-7,10H2,1,3-5H3/b9-8+,12-11+/t14-/m0/s1. The molecule has 0 radical (unpaired) electrons. The molecule has 2 heteroatoms. The second-order valence-corrected chi connectivity index (χ2v) is 5.75. The van der Waals surface area contributed by atoms with Crippen LogP contribution >= 0.6 is 0 Å². The minimum atomic E-state index is -0.307. The summed E-state index contributed by atoms with van der Waals surface area (Å²) in [4.78, 5) is 11.1. The summed E-state index contributed by atoms with van der Waals surface area (Å²) >= 11 is 0. The van der Waals surface area contributed by atoms with Crippen molar-refractivity contribution in [2.45, 2.75) is 40.0 Å². The summed E-state index contributed by atoms with van der Waals surface area (Å²) in [5.74, 6) is 0.0890. The second-order valence-electron chi connectivity index (χ2n) is 5.75. The molecule has 0 bridgehead atoms. The van der Waals surface area contributed by atoms with E-state index >= 15 is 0 Å². The smallest absolute Gasteiger partial charge is 0.330 e. The first-order chi connectivity index (χ1) is 8.36. The molecule has 1 fully saturated rings. The average molecular weight is 248 g/mol. The van der Waals surface area contributed by atoms with Crippen LogP contribution in [-0.2, 0) is 9.53 Å². The van der Waals surface area contributed by atoms with Crippen molar-refractivity contribution in [3.63, 3.8) is 0 Å².